The lowest BCUT2D eigenvalue weighted by atomic mass is 9.84. The van der Waals surface area contributed by atoms with Crippen LogP contribution in [0.25, 0.3) is 0 Å². The first-order chi connectivity index (χ1) is 19.2. The first-order valence-electron chi connectivity index (χ1n) is 14.8. The van der Waals surface area contributed by atoms with Crippen molar-refractivity contribution in [3.8, 4) is 0 Å². The predicted octanol–water partition coefficient (Wildman–Crippen LogP) is 6.52. The van der Waals surface area contributed by atoms with Gasteiger partial charge in [-0.1, -0.05) is 64.3 Å². The minimum absolute atomic E-state index is 0.00493. The summed E-state index contributed by atoms with van der Waals surface area (Å²) in [6.45, 7) is 10.6. The van der Waals surface area contributed by atoms with Crippen molar-refractivity contribution in [1.29, 1.82) is 0 Å². The number of carbonyl (C=O) groups excluding carboxylic acids is 3. The molecule has 2 rings (SSSR count). The molecule has 0 saturated heterocycles. The van der Waals surface area contributed by atoms with Crippen LogP contribution in [-0.4, -0.2) is 48.9 Å². The second-order valence-corrected chi connectivity index (χ2v) is 11.1. The molecule has 222 valence electrons. The second kappa shape index (κ2) is 18.4. The second-order valence-electron chi connectivity index (χ2n) is 11.1. The van der Waals surface area contributed by atoms with Crippen LogP contribution in [0, 0.1) is 11.8 Å². The molecule has 0 bridgehead atoms. The summed E-state index contributed by atoms with van der Waals surface area (Å²) in [5, 5.41) is 9.05. The Hall–Kier alpha value is -2.93. The van der Waals surface area contributed by atoms with Crippen LogP contribution in [0.15, 0.2) is 48.6 Å². The minimum Gasteiger partial charge on any atom is -0.462 e. The molecular formula is C33H48O7. The molecular weight excluding hydrogens is 508 g/mol. The molecule has 1 N–H and O–H groups in total. The average Bonchev–Trinajstić information content (AvgIpc) is 2.96. The molecule has 1 atom stereocenters. The van der Waals surface area contributed by atoms with Crippen molar-refractivity contribution in [1.82, 2.24) is 0 Å². The standard InChI is InChI=1S/C33H48O7/c1-5-6-7-10-26-13-17-29(18-14-26)33(37)40-30-19-15-27(16-20-30)11-8-9-12-28(22-38-31(35)24(2)3)23-39-32(36)25(4)21-34/h13-14,17-18,27-28,30,34H,2,4-12,15-16,19-23H2,1,3H3. The fourth-order valence-corrected chi connectivity index (χ4v) is 4.90. The van der Waals surface area contributed by atoms with Crippen molar-refractivity contribution in [3.05, 3.63) is 59.7 Å². The first-order valence-corrected chi connectivity index (χ1v) is 14.8. The fourth-order valence-electron chi connectivity index (χ4n) is 4.90. The maximum Gasteiger partial charge on any atom is 0.338 e. The van der Waals surface area contributed by atoms with Crippen LogP contribution in [0.5, 0.6) is 0 Å². The summed E-state index contributed by atoms with van der Waals surface area (Å²) in [4.78, 5) is 36.3. The zero-order valence-electron chi connectivity index (χ0n) is 24.5. The largest absolute Gasteiger partial charge is 0.462 e. The zero-order valence-corrected chi connectivity index (χ0v) is 24.5. The van der Waals surface area contributed by atoms with E-state index in [1.165, 1.54) is 24.8 Å². The van der Waals surface area contributed by atoms with E-state index >= 15 is 0 Å². The topological polar surface area (TPSA) is 99.1 Å². The van der Waals surface area contributed by atoms with Crippen LogP contribution in [0.2, 0.25) is 0 Å². The van der Waals surface area contributed by atoms with E-state index in [4.69, 9.17) is 19.3 Å². The number of rotatable bonds is 18. The van der Waals surface area contributed by atoms with Crippen LogP contribution < -0.4 is 0 Å². The Bertz CT molecular complexity index is 958. The molecule has 0 aliphatic heterocycles. The molecule has 40 heavy (non-hydrogen) atoms. The Morgan fingerprint density at radius 1 is 0.925 bits per heavy atom. The Labute approximate surface area is 240 Å². The van der Waals surface area contributed by atoms with Gasteiger partial charge < -0.3 is 19.3 Å². The molecule has 1 saturated carbocycles. The maximum absolute atomic E-state index is 12.6. The summed E-state index contributed by atoms with van der Waals surface area (Å²) in [5.74, 6) is -0.879. The molecule has 1 aromatic carbocycles. The van der Waals surface area contributed by atoms with Gasteiger partial charge in [0.2, 0.25) is 0 Å². The number of aryl methyl sites for hydroxylation is 1. The normalized spacial score (nSPS) is 17.5. The SMILES string of the molecule is C=C(C)C(=O)OCC(CCCCC1CCC(OC(=O)c2ccc(CCCCC)cc2)CC1)COC(=O)C(=C)CO. The van der Waals surface area contributed by atoms with Crippen molar-refractivity contribution in [2.45, 2.75) is 97.0 Å². The number of carbonyl (C=O) groups is 3. The van der Waals surface area contributed by atoms with Gasteiger partial charge in [0.1, 0.15) is 6.10 Å². The number of benzene rings is 1. The van der Waals surface area contributed by atoms with E-state index < -0.39 is 18.5 Å². The Morgan fingerprint density at radius 2 is 1.57 bits per heavy atom. The van der Waals surface area contributed by atoms with Gasteiger partial charge in [-0.05, 0) is 75.5 Å². The Balaban J connectivity index is 1.69. The summed E-state index contributed by atoms with van der Waals surface area (Å²) in [6, 6.07) is 7.83. The summed E-state index contributed by atoms with van der Waals surface area (Å²) >= 11 is 0. The molecule has 0 heterocycles. The number of hydrogen-bond donors (Lipinski definition) is 1. The molecule has 0 spiro atoms. The highest BCUT2D eigenvalue weighted by molar-refractivity contribution is 5.89. The lowest BCUT2D eigenvalue weighted by molar-refractivity contribution is -0.144. The molecule has 7 nitrogen and oxygen atoms in total. The van der Waals surface area contributed by atoms with Crippen molar-refractivity contribution in [2.24, 2.45) is 11.8 Å². The summed E-state index contributed by atoms with van der Waals surface area (Å²) in [5.41, 5.74) is 2.20. The number of aliphatic hydroxyl groups excluding tert-OH is 1. The van der Waals surface area contributed by atoms with Gasteiger partial charge in [0.15, 0.2) is 0 Å². The Morgan fingerprint density at radius 3 is 2.17 bits per heavy atom. The van der Waals surface area contributed by atoms with Crippen LogP contribution in [0.1, 0.15) is 100 Å². The van der Waals surface area contributed by atoms with Gasteiger partial charge in [-0.2, -0.15) is 0 Å². The van der Waals surface area contributed by atoms with Gasteiger partial charge in [-0.15, -0.1) is 0 Å². The van der Waals surface area contributed by atoms with E-state index in [1.54, 1.807) is 6.92 Å². The van der Waals surface area contributed by atoms with Crippen LogP contribution >= 0.6 is 0 Å². The van der Waals surface area contributed by atoms with E-state index in [2.05, 4.69) is 20.1 Å². The monoisotopic (exact) mass is 556 g/mol. The fraction of sp³-hybridized carbons (Fsp3) is 0.606. The summed E-state index contributed by atoms with van der Waals surface area (Å²) in [6.07, 6.45) is 12.2. The summed E-state index contributed by atoms with van der Waals surface area (Å²) in [7, 11) is 0. The van der Waals surface area contributed by atoms with E-state index in [0.29, 0.717) is 17.1 Å². The number of esters is 3. The predicted molar refractivity (Wildman–Crippen MR) is 156 cm³/mol. The molecule has 7 heteroatoms. The van der Waals surface area contributed by atoms with Gasteiger partial charge in [-0.25, -0.2) is 14.4 Å². The molecule has 0 amide bonds. The van der Waals surface area contributed by atoms with Gasteiger partial charge in [-0.3, -0.25) is 0 Å². The van der Waals surface area contributed by atoms with Crippen molar-refractivity contribution in [3.63, 3.8) is 0 Å². The van der Waals surface area contributed by atoms with Gasteiger partial charge in [0, 0.05) is 11.5 Å². The van der Waals surface area contributed by atoms with E-state index in [0.717, 1.165) is 57.8 Å². The highest BCUT2D eigenvalue weighted by atomic mass is 16.6. The minimum atomic E-state index is -0.643. The molecule has 1 aromatic rings. The van der Waals surface area contributed by atoms with E-state index in [9.17, 15) is 14.4 Å². The van der Waals surface area contributed by atoms with Crippen LogP contribution in [0.4, 0.5) is 0 Å². The molecule has 0 radical (unpaired) electrons. The number of hydrogen-bond acceptors (Lipinski definition) is 7. The molecule has 1 aliphatic rings. The third-order valence-corrected chi connectivity index (χ3v) is 7.53. The number of unbranched alkanes of at least 4 members (excludes halogenated alkanes) is 3. The third-order valence-electron chi connectivity index (χ3n) is 7.53. The highest BCUT2D eigenvalue weighted by Gasteiger charge is 2.24. The van der Waals surface area contributed by atoms with E-state index in [-0.39, 0.29) is 36.8 Å². The number of aliphatic hydroxyl groups is 1. The van der Waals surface area contributed by atoms with Crippen molar-refractivity contribution in [2.75, 3.05) is 19.8 Å². The molecule has 0 aromatic heterocycles. The first kappa shape index (κ1) is 33.3. The van der Waals surface area contributed by atoms with Gasteiger partial charge in [0.25, 0.3) is 0 Å². The summed E-state index contributed by atoms with van der Waals surface area (Å²) < 4.78 is 16.3. The van der Waals surface area contributed by atoms with Gasteiger partial charge >= 0.3 is 17.9 Å². The highest BCUT2D eigenvalue weighted by Crippen LogP contribution is 2.31. The zero-order chi connectivity index (χ0) is 29.3. The van der Waals surface area contributed by atoms with Crippen LogP contribution in [0.3, 0.4) is 0 Å². The van der Waals surface area contributed by atoms with E-state index in [1.807, 2.05) is 24.3 Å². The van der Waals surface area contributed by atoms with Crippen molar-refractivity contribution >= 4 is 17.9 Å². The lowest BCUT2D eigenvalue weighted by Gasteiger charge is -2.28. The maximum atomic E-state index is 12.6. The van der Waals surface area contributed by atoms with Gasteiger partial charge in [0.05, 0.1) is 31.0 Å². The molecule has 1 fully saturated rings. The third kappa shape index (κ3) is 12.5. The quantitative estimate of drug-likeness (QED) is 0.0951. The molecule has 1 aliphatic carbocycles. The van der Waals surface area contributed by atoms with Crippen molar-refractivity contribution < 1.29 is 33.7 Å². The van der Waals surface area contributed by atoms with Crippen LogP contribution in [-0.2, 0) is 30.2 Å². The molecule has 1 unspecified atom stereocenters. The number of ether oxygens (including phenoxy) is 3. The Kier molecular flexibility index (Phi) is 15.3. The lowest BCUT2D eigenvalue weighted by Crippen LogP contribution is -2.24. The smallest absolute Gasteiger partial charge is 0.338 e. The average molecular weight is 557 g/mol.